The molecule has 0 saturated heterocycles. The number of hydrogen-bond donors (Lipinski definition) is 1. The zero-order valence-electron chi connectivity index (χ0n) is 9.50. The third-order valence-electron chi connectivity index (χ3n) is 2.05. The zero-order chi connectivity index (χ0) is 12.7. The van der Waals surface area contributed by atoms with Crippen molar-refractivity contribution >= 4 is 11.9 Å². The Balaban J connectivity index is 2.34. The van der Waals surface area contributed by atoms with E-state index in [1.54, 1.807) is 19.4 Å². The van der Waals surface area contributed by atoms with E-state index >= 15 is 0 Å². The molecule has 1 rings (SSSR count). The van der Waals surface area contributed by atoms with Crippen LogP contribution in [0.3, 0.4) is 0 Å². The highest BCUT2D eigenvalue weighted by Crippen LogP contribution is 2.01. The number of aromatic nitrogens is 1. The van der Waals surface area contributed by atoms with Crippen molar-refractivity contribution in [3.05, 3.63) is 30.1 Å². The van der Waals surface area contributed by atoms with Crippen LogP contribution >= 0.6 is 0 Å². The molecule has 0 saturated carbocycles. The maximum Gasteiger partial charge on any atom is 0.329 e. The Labute approximate surface area is 98.8 Å². The maximum atomic E-state index is 11.5. The van der Waals surface area contributed by atoms with Crippen LogP contribution in [0.15, 0.2) is 24.5 Å². The molecule has 0 aliphatic heterocycles. The fourth-order valence-corrected chi connectivity index (χ4v) is 1.19. The number of carbonyl (C=O) groups excluding carboxylic acids is 1. The molecule has 1 aromatic rings. The Hall–Kier alpha value is -1.95. The summed E-state index contributed by atoms with van der Waals surface area (Å²) in [5.41, 5.74) is 0.953. The number of aliphatic carboxylic acids is 1. The Morgan fingerprint density at radius 2 is 2.00 bits per heavy atom. The smallest absolute Gasteiger partial charge is 0.329 e. The molecule has 1 aromatic heterocycles. The quantitative estimate of drug-likeness (QED) is 0.762. The molecule has 0 atom stereocenters. The van der Waals surface area contributed by atoms with Gasteiger partial charge in [0.2, 0.25) is 5.91 Å². The van der Waals surface area contributed by atoms with E-state index in [9.17, 15) is 9.59 Å². The largest absolute Gasteiger partial charge is 0.480 e. The number of ether oxygens (including phenoxy) is 1. The molecule has 0 spiro atoms. The van der Waals surface area contributed by atoms with Crippen LogP contribution in [0.4, 0.5) is 0 Å². The Morgan fingerprint density at radius 3 is 2.59 bits per heavy atom. The minimum atomic E-state index is -1.09. The van der Waals surface area contributed by atoms with Crippen LogP contribution in [0.5, 0.6) is 0 Å². The lowest BCUT2D eigenvalue weighted by Gasteiger charge is -2.16. The molecule has 0 fully saturated rings. The van der Waals surface area contributed by atoms with Gasteiger partial charge >= 0.3 is 5.97 Å². The molecule has 92 valence electrons. The number of amides is 1. The fourth-order valence-electron chi connectivity index (χ4n) is 1.19. The third-order valence-corrected chi connectivity index (χ3v) is 2.05. The molecule has 1 amide bonds. The first-order valence-corrected chi connectivity index (χ1v) is 5.02. The van der Waals surface area contributed by atoms with Gasteiger partial charge in [-0.1, -0.05) is 0 Å². The fraction of sp³-hybridized carbons (Fsp3) is 0.364. The highest BCUT2D eigenvalue weighted by molar-refractivity contribution is 5.77. The molecule has 0 aliphatic rings. The van der Waals surface area contributed by atoms with Crippen LogP contribution < -0.4 is 0 Å². The lowest BCUT2D eigenvalue weighted by Crippen LogP contribution is -2.30. The van der Waals surface area contributed by atoms with Gasteiger partial charge in [-0.3, -0.25) is 9.78 Å². The SMILES string of the molecule is CN(Cc1ccncc1)C(=O)COCC(=O)O. The van der Waals surface area contributed by atoms with E-state index in [0.717, 1.165) is 5.56 Å². The predicted molar refractivity (Wildman–Crippen MR) is 59.2 cm³/mol. The summed E-state index contributed by atoms with van der Waals surface area (Å²) in [4.78, 5) is 27.0. The number of nitrogens with zero attached hydrogens (tertiary/aromatic N) is 2. The number of pyridine rings is 1. The van der Waals surface area contributed by atoms with Crippen molar-refractivity contribution < 1.29 is 19.4 Å². The predicted octanol–water partition coefficient (Wildman–Crippen LogP) is 0.141. The van der Waals surface area contributed by atoms with Gasteiger partial charge in [0, 0.05) is 26.0 Å². The van der Waals surface area contributed by atoms with Gasteiger partial charge in [-0.05, 0) is 17.7 Å². The Bertz CT molecular complexity index is 380. The second-order valence-corrected chi connectivity index (χ2v) is 3.49. The highest BCUT2D eigenvalue weighted by atomic mass is 16.5. The molecule has 6 heteroatoms. The van der Waals surface area contributed by atoms with Gasteiger partial charge in [0.1, 0.15) is 13.2 Å². The van der Waals surface area contributed by atoms with Crippen molar-refractivity contribution in [3.8, 4) is 0 Å². The van der Waals surface area contributed by atoms with Gasteiger partial charge in [-0.15, -0.1) is 0 Å². The van der Waals surface area contributed by atoms with Crippen LogP contribution in [0.2, 0.25) is 0 Å². The Morgan fingerprint density at radius 1 is 1.35 bits per heavy atom. The van der Waals surface area contributed by atoms with Crippen LogP contribution in [-0.4, -0.2) is 47.1 Å². The summed E-state index contributed by atoms with van der Waals surface area (Å²) >= 11 is 0. The molecule has 0 radical (unpaired) electrons. The van der Waals surface area contributed by atoms with E-state index in [4.69, 9.17) is 9.84 Å². The number of hydrogen-bond acceptors (Lipinski definition) is 4. The normalized spacial score (nSPS) is 9.94. The van der Waals surface area contributed by atoms with Crippen molar-refractivity contribution in [2.24, 2.45) is 0 Å². The summed E-state index contributed by atoms with van der Waals surface area (Å²) in [6, 6.07) is 3.61. The van der Waals surface area contributed by atoms with Crippen LogP contribution in [-0.2, 0) is 20.9 Å². The first kappa shape index (κ1) is 13.1. The van der Waals surface area contributed by atoms with Crippen LogP contribution in [0, 0.1) is 0 Å². The number of carboxylic acid groups (broad SMARTS) is 1. The van der Waals surface area contributed by atoms with E-state index in [1.165, 1.54) is 4.90 Å². The molecule has 0 aromatic carbocycles. The molecule has 0 aliphatic carbocycles. The van der Waals surface area contributed by atoms with Crippen LogP contribution in [0.1, 0.15) is 5.56 Å². The first-order chi connectivity index (χ1) is 8.09. The van der Waals surface area contributed by atoms with E-state index in [-0.39, 0.29) is 12.5 Å². The number of carboxylic acids is 1. The number of likely N-dealkylation sites (N-methyl/N-ethyl adjacent to an activating group) is 1. The van der Waals surface area contributed by atoms with Crippen molar-refractivity contribution in [2.45, 2.75) is 6.54 Å². The van der Waals surface area contributed by atoms with Crippen molar-refractivity contribution in [3.63, 3.8) is 0 Å². The molecule has 1 heterocycles. The average Bonchev–Trinajstić information content (AvgIpc) is 2.29. The number of carbonyl (C=O) groups is 2. The highest BCUT2D eigenvalue weighted by Gasteiger charge is 2.10. The molecule has 0 bridgehead atoms. The summed E-state index contributed by atoms with van der Waals surface area (Å²) < 4.78 is 4.71. The van der Waals surface area contributed by atoms with Gasteiger partial charge in [0.25, 0.3) is 0 Å². The van der Waals surface area contributed by atoms with E-state index in [1.807, 2.05) is 12.1 Å². The van der Waals surface area contributed by atoms with E-state index in [0.29, 0.717) is 6.54 Å². The summed E-state index contributed by atoms with van der Waals surface area (Å²) in [7, 11) is 1.63. The van der Waals surface area contributed by atoms with Crippen molar-refractivity contribution in [2.75, 3.05) is 20.3 Å². The molecule has 6 nitrogen and oxygen atoms in total. The van der Waals surface area contributed by atoms with Crippen molar-refractivity contribution in [1.29, 1.82) is 0 Å². The maximum absolute atomic E-state index is 11.5. The molecule has 1 N–H and O–H groups in total. The van der Waals surface area contributed by atoms with Crippen LogP contribution in [0.25, 0.3) is 0 Å². The van der Waals surface area contributed by atoms with Gasteiger partial charge in [-0.2, -0.15) is 0 Å². The van der Waals surface area contributed by atoms with Gasteiger partial charge < -0.3 is 14.7 Å². The van der Waals surface area contributed by atoms with E-state index in [2.05, 4.69) is 4.98 Å². The zero-order valence-corrected chi connectivity index (χ0v) is 9.50. The summed E-state index contributed by atoms with van der Waals surface area (Å²) in [6.07, 6.45) is 3.29. The molecule has 0 unspecified atom stereocenters. The van der Waals surface area contributed by atoms with Crippen molar-refractivity contribution in [1.82, 2.24) is 9.88 Å². The lowest BCUT2D eigenvalue weighted by atomic mass is 10.2. The topological polar surface area (TPSA) is 79.7 Å². The average molecular weight is 238 g/mol. The molecular weight excluding hydrogens is 224 g/mol. The second kappa shape index (κ2) is 6.59. The monoisotopic (exact) mass is 238 g/mol. The van der Waals surface area contributed by atoms with Gasteiger partial charge in [-0.25, -0.2) is 4.79 Å². The summed E-state index contributed by atoms with van der Waals surface area (Å²) in [6.45, 7) is -0.249. The van der Waals surface area contributed by atoms with Gasteiger partial charge in [0.05, 0.1) is 0 Å². The molecular formula is C11H14N2O4. The first-order valence-electron chi connectivity index (χ1n) is 5.02. The molecule has 17 heavy (non-hydrogen) atoms. The second-order valence-electron chi connectivity index (χ2n) is 3.49. The Kier molecular flexibility index (Phi) is 5.09. The van der Waals surface area contributed by atoms with Gasteiger partial charge in [0.15, 0.2) is 0 Å². The summed E-state index contributed by atoms with van der Waals surface area (Å²) in [5.74, 6) is -1.35. The lowest BCUT2D eigenvalue weighted by molar-refractivity contribution is -0.145. The standard InChI is InChI=1S/C11H14N2O4/c1-13(6-9-2-4-12-5-3-9)10(14)7-17-8-11(15)16/h2-5H,6-8H2,1H3,(H,15,16). The minimum Gasteiger partial charge on any atom is -0.480 e. The summed E-state index contributed by atoms with van der Waals surface area (Å²) in [5, 5.41) is 8.34. The third kappa shape index (κ3) is 5.07. The number of rotatable bonds is 6. The minimum absolute atomic E-state index is 0.228. The van der Waals surface area contributed by atoms with E-state index < -0.39 is 12.6 Å².